The van der Waals surface area contributed by atoms with E-state index in [4.69, 9.17) is 0 Å². The molecular formula is C27H26FN3O4. The first-order chi connectivity index (χ1) is 16.8. The molecule has 0 heterocycles. The normalized spacial score (nSPS) is 12.3. The number of likely N-dealkylation sites (N-methyl/N-ethyl adjacent to an activating group) is 1. The summed E-state index contributed by atoms with van der Waals surface area (Å²) < 4.78 is 13.9. The van der Waals surface area contributed by atoms with Crippen molar-refractivity contribution in [1.82, 2.24) is 10.2 Å². The Kier molecular flexibility index (Phi) is 8.68. The standard InChI is InChI=1S/C27H26FN3O4/c1-2-31(17-19-7-4-3-5-8-19)27(35)25(33)24(32)26(34)30-16-18-11-13-20(14-12-18)21-9-6-10-23(28)22(21)15-29/h3-14,24-25,32-33H,2,16-17H2,1H3,(H,30,34). The van der Waals surface area contributed by atoms with E-state index in [1.807, 2.05) is 36.4 Å². The molecule has 35 heavy (non-hydrogen) atoms. The molecule has 0 aromatic heterocycles. The van der Waals surface area contributed by atoms with Crippen LogP contribution in [-0.2, 0) is 22.7 Å². The summed E-state index contributed by atoms with van der Waals surface area (Å²) in [5.74, 6) is -2.23. The van der Waals surface area contributed by atoms with Gasteiger partial charge in [0.15, 0.2) is 12.2 Å². The maximum atomic E-state index is 13.9. The highest BCUT2D eigenvalue weighted by Gasteiger charge is 2.32. The van der Waals surface area contributed by atoms with Crippen molar-refractivity contribution in [3.63, 3.8) is 0 Å². The number of amides is 2. The average Bonchev–Trinajstić information content (AvgIpc) is 2.89. The fourth-order valence-electron chi connectivity index (χ4n) is 3.59. The highest BCUT2D eigenvalue weighted by atomic mass is 19.1. The Balaban J connectivity index is 1.59. The quantitative estimate of drug-likeness (QED) is 0.440. The van der Waals surface area contributed by atoms with Gasteiger partial charge in [0.25, 0.3) is 11.8 Å². The third-order valence-corrected chi connectivity index (χ3v) is 5.59. The number of nitrogens with zero attached hydrogens (tertiary/aromatic N) is 2. The van der Waals surface area contributed by atoms with E-state index in [1.54, 1.807) is 37.3 Å². The van der Waals surface area contributed by atoms with E-state index in [9.17, 15) is 29.5 Å². The van der Waals surface area contributed by atoms with Gasteiger partial charge < -0.3 is 20.4 Å². The van der Waals surface area contributed by atoms with Crippen LogP contribution in [0.25, 0.3) is 11.1 Å². The summed E-state index contributed by atoms with van der Waals surface area (Å²) in [6, 6.07) is 22.2. The van der Waals surface area contributed by atoms with Crippen molar-refractivity contribution >= 4 is 11.8 Å². The van der Waals surface area contributed by atoms with Gasteiger partial charge in [-0.25, -0.2) is 4.39 Å². The van der Waals surface area contributed by atoms with Crippen LogP contribution >= 0.6 is 0 Å². The number of carbonyl (C=O) groups excluding carboxylic acids is 2. The Morgan fingerprint density at radius 3 is 2.29 bits per heavy atom. The van der Waals surface area contributed by atoms with Gasteiger partial charge in [-0.05, 0) is 29.7 Å². The van der Waals surface area contributed by atoms with E-state index in [0.717, 1.165) is 5.56 Å². The minimum Gasteiger partial charge on any atom is -0.380 e. The van der Waals surface area contributed by atoms with Crippen molar-refractivity contribution in [2.45, 2.75) is 32.2 Å². The van der Waals surface area contributed by atoms with Crippen molar-refractivity contribution in [2.24, 2.45) is 0 Å². The van der Waals surface area contributed by atoms with Crippen LogP contribution in [0.4, 0.5) is 4.39 Å². The van der Waals surface area contributed by atoms with Crippen molar-refractivity contribution in [3.8, 4) is 17.2 Å². The lowest BCUT2D eigenvalue weighted by molar-refractivity contribution is -0.153. The molecule has 3 rings (SSSR count). The number of rotatable bonds is 9. The van der Waals surface area contributed by atoms with Crippen LogP contribution in [0.15, 0.2) is 72.8 Å². The van der Waals surface area contributed by atoms with Gasteiger partial charge >= 0.3 is 0 Å². The lowest BCUT2D eigenvalue weighted by Gasteiger charge is -2.26. The topological polar surface area (TPSA) is 114 Å². The van der Waals surface area contributed by atoms with Gasteiger partial charge in [-0.3, -0.25) is 9.59 Å². The summed E-state index contributed by atoms with van der Waals surface area (Å²) in [6.45, 7) is 2.32. The molecule has 2 unspecified atom stereocenters. The van der Waals surface area contributed by atoms with E-state index in [2.05, 4.69) is 5.32 Å². The number of nitrogens with one attached hydrogen (secondary N) is 1. The monoisotopic (exact) mass is 475 g/mol. The van der Waals surface area contributed by atoms with E-state index in [-0.39, 0.29) is 18.7 Å². The fourth-order valence-corrected chi connectivity index (χ4v) is 3.59. The lowest BCUT2D eigenvalue weighted by atomic mass is 9.99. The van der Waals surface area contributed by atoms with Crippen molar-refractivity contribution < 1.29 is 24.2 Å². The molecule has 0 aliphatic rings. The first-order valence-corrected chi connectivity index (χ1v) is 11.1. The molecule has 3 aromatic carbocycles. The predicted molar refractivity (Wildman–Crippen MR) is 128 cm³/mol. The second-order valence-corrected chi connectivity index (χ2v) is 7.92. The summed E-state index contributed by atoms with van der Waals surface area (Å²) >= 11 is 0. The van der Waals surface area contributed by atoms with Crippen LogP contribution in [0.5, 0.6) is 0 Å². The molecule has 8 heteroatoms. The summed E-state index contributed by atoms with van der Waals surface area (Å²) in [5, 5.41) is 32.3. The molecular weight excluding hydrogens is 449 g/mol. The molecule has 180 valence electrons. The van der Waals surface area contributed by atoms with Crippen molar-refractivity contribution in [3.05, 3.63) is 95.3 Å². The minimum atomic E-state index is -1.93. The zero-order chi connectivity index (χ0) is 25.4. The summed E-state index contributed by atoms with van der Waals surface area (Å²) in [4.78, 5) is 26.4. The molecule has 7 nitrogen and oxygen atoms in total. The Labute approximate surface area is 203 Å². The van der Waals surface area contributed by atoms with Gasteiger partial charge in [-0.2, -0.15) is 5.26 Å². The summed E-state index contributed by atoms with van der Waals surface area (Å²) in [7, 11) is 0. The molecule has 0 fully saturated rings. The number of hydrogen-bond donors (Lipinski definition) is 3. The second-order valence-electron chi connectivity index (χ2n) is 7.92. The molecule has 0 radical (unpaired) electrons. The molecule has 0 spiro atoms. The van der Waals surface area contributed by atoms with Crippen molar-refractivity contribution in [1.29, 1.82) is 5.26 Å². The van der Waals surface area contributed by atoms with Crippen LogP contribution < -0.4 is 5.32 Å². The van der Waals surface area contributed by atoms with Gasteiger partial charge in [0, 0.05) is 25.2 Å². The van der Waals surface area contributed by atoms with Gasteiger partial charge in [-0.1, -0.05) is 66.7 Å². The molecule has 0 saturated heterocycles. The SMILES string of the molecule is CCN(Cc1ccccc1)C(=O)C(O)C(O)C(=O)NCc1ccc(-c2cccc(F)c2C#N)cc1. The number of aliphatic hydroxyl groups excluding tert-OH is 2. The number of hydrogen-bond acceptors (Lipinski definition) is 5. The van der Waals surface area contributed by atoms with Gasteiger partial charge in [0.05, 0.1) is 5.56 Å². The first-order valence-electron chi connectivity index (χ1n) is 11.1. The number of benzene rings is 3. The Bertz CT molecular complexity index is 1210. The Morgan fingerprint density at radius 1 is 0.971 bits per heavy atom. The van der Waals surface area contributed by atoms with E-state index < -0.39 is 29.8 Å². The third kappa shape index (κ3) is 6.29. The number of carbonyl (C=O) groups is 2. The zero-order valence-corrected chi connectivity index (χ0v) is 19.2. The number of halogens is 1. The van der Waals surface area contributed by atoms with Crippen LogP contribution in [0, 0.1) is 17.1 Å². The molecule has 0 bridgehead atoms. The Morgan fingerprint density at radius 2 is 1.66 bits per heavy atom. The van der Waals surface area contributed by atoms with Crippen molar-refractivity contribution in [2.75, 3.05) is 6.54 Å². The average molecular weight is 476 g/mol. The van der Waals surface area contributed by atoms with E-state index >= 15 is 0 Å². The third-order valence-electron chi connectivity index (χ3n) is 5.59. The minimum absolute atomic E-state index is 0.0346. The molecule has 0 saturated carbocycles. The maximum absolute atomic E-state index is 13.9. The molecule has 0 aliphatic carbocycles. The largest absolute Gasteiger partial charge is 0.380 e. The number of aliphatic hydroxyl groups is 2. The predicted octanol–water partition coefficient (Wildman–Crippen LogP) is 2.75. The highest BCUT2D eigenvalue weighted by molar-refractivity contribution is 5.90. The van der Waals surface area contributed by atoms with Crippen LogP contribution in [0.1, 0.15) is 23.6 Å². The first kappa shape index (κ1) is 25.6. The number of nitriles is 1. The van der Waals surface area contributed by atoms with Crippen LogP contribution in [0.2, 0.25) is 0 Å². The molecule has 0 aliphatic heterocycles. The van der Waals surface area contributed by atoms with E-state index in [0.29, 0.717) is 23.2 Å². The second kappa shape index (κ2) is 11.9. The maximum Gasteiger partial charge on any atom is 0.254 e. The van der Waals surface area contributed by atoms with Gasteiger partial charge in [0.2, 0.25) is 0 Å². The molecule has 2 amide bonds. The smallest absolute Gasteiger partial charge is 0.254 e. The fraction of sp³-hybridized carbons (Fsp3) is 0.222. The van der Waals surface area contributed by atoms with Crippen LogP contribution in [0.3, 0.4) is 0 Å². The molecule has 3 aromatic rings. The van der Waals surface area contributed by atoms with Crippen LogP contribution in [-0.4, -0.2) is 45.7 Å². The highest BCUT2D eigenvalue weighted by Crippen LogP contribution is 2.25. The summed E-state index contributed by atoms with van der Waals surface area (Å²) in [6.07, 6.45) is -3.84. The lowest BCUT2D eigenvalue weighted by Crippen LogP contribution is -2.50. The van der Waals surface area contributed by atoms with Gasteiger partial charge in [0.1, 0.15) is 11.9 Å². The molecule has 2 atom stereocenters. The zero-order valence-electron chi connectivity index (χ0n) is 19.2. The summed E-state index contributed by atoms with van der Waals surface area (Å²) in [5.41, 5.74) is 2.57. The van der Waals surface area contributed by atoms with Gasteiger partial charge in [-0.15, -0.1) is 0 Å². The Hall–Kier alpha value is -4.06. The molecule has 3 N–H and O–H groups in total. The van der Waals surface area contributed by atoms with E-state index in [1.165, 1.54) is 17.0 Å².